The minimum atomic E-state index is -0.354. The highest BCUT2D eigenvalue weighted by molar-refractivity contribution is 5.97. The van der Waals surface area contributed by atoms with Gasteiger partial charge < -0.3 is 16.0 Å². The van der Waals surface area contributed by atoms with Crippen LogP contribution in [-0.2, 0) is 4.79 Å². The number of benzene rings is 1. The van der Waals surface area contributed by atoms with Crippen molar-refractivity contribution >= 4 is 22.5 Å². The number of aromatic amines is 1. The fourth-order valence-corrected chi connectivity index (χ4v) is 2.97. The van der Waals surface area contributed by atoms with Gasteiger partial charge in [-0.1, -0.05) is 12.8 Å². The lowest BCUT2D eigenvalue weighted by molar-refractivity contribution is -0.124. The van der Waals surface area contributed by atoms with Crippen molar-refractivity contribution in [1.29, 1.82) is 0 Å². The Morgan fingerprint density at radius 3 is 2.84 bits per heavy atom. The van der Waals surface area contributed by atoms with Crippen LogP contribution < -0.4 is 11.1 Å². The molecular weight excluding hydrogens is 238 g/mol. The molecule has 3 rings (SSSR count). The topological polar surface area (TPSA) is 70.9 Å². The largest absolute Gasteiger partial charge is 0.361 e. The van der Waals surface area contributed by atoms with Crippen molar-refractivity contribution in [3.63, 3.8) is 0 Å². The monoisotopic (exact) mass is 257 g/mol. The standard InChI is InChI=1S/C15H19N3O/c16-10-15(6-1-2-7-15)14(19)18-12-3-4-13-11(9-12)5-8-17-13/h3-5,8-9,17H,1-2,6-7,10,16H2,(H,18,19). The number of fused-ring (bicyclic) bond motifs is 1. The summed E-state index contributed by atoms with van der Waals surface area (Å²) in [6, 6.07) is 7.90. The molecule has 1 amide bonds. The number of nitrogens with two attached hydrogens (primary N) is 1. The summed E-state index contributed by atoms with van der Waals surface area (Å²) in [5.41, 5.74) is 7.40. The Balaban J connectivity index is 1.81. The van der Waals surface area contributed by atoms with Crippen LogP contribution >= 0.6 is 0 Å². The van der Waals surface area contributed by atoms with E-state index in [0.29, 0.717) is 6.54 Å². The van der Waals surface area contributed by atoms with Crippen molar-refractivity contribution in [3.8, 4) is 0 Å². The number of carbonyl (C=O) groups excluding carboxylic acids is 1. The van der Waals surface area contributed by atoms with Gasteiger partial charge in [-0.3, -0.25) is 4.79 Å². The molecule has 0 aliphatic heterocycles. The first-order valence-corrected chi connectivity index (χ1v) is 6.82. The van der Waals surface area contributed by atoms with Gasteiger partial charge in [-0.05, 0) is 37.1 Å². The Labute approximate surface area is 112 Å². The molecule has 4 nitrogen and oxygen atoms in total. The molecule has 1 aromatic heterocycles. The van der Waals surface area contributed by atoms with Gasteiger partial charge in [0.1, 0.15) is 0 Å². The van der Waals surface area contributed by atoms with Crippen LogP contribution in [0.3, 0.4) is 0 Å². The number of nitrogens with one attached hydrogen (secondary N) is 2. The molecule has 4 N–H and O–H groups in total. The van der Waals surface area contributed by atoms with E-state index in [1.807, 2.05) is 30.5 Å². The Morgan fingerprint density at radius 2 is 2.11 bits per heavy atom. The Hall–Kier alpha value is -1.81. The Bertz CT molecular complexity index is 596. The molecule has 1 heterocycles. The Morgan fingerprint density at radius 1 is 1.32 bits per heavy atom. The highest BCUT2D eigenvalue weighted by Gasteiger charge is 2.39. The second-order valence-corrected chi connectivity index (χ2v) is 5.43. The molecule has 0 atom stereocenters. The summed E-state index contributed by atoms with van der Waals surface area (Å²) in [5, 5.41) is 4.13. The van der Waals surface area contributed by atoms with Crippen LogP contribution in [0.1, 0.15) is 25.7 Å². The number of rotatable bonds is 3. The summed E-state index contributed by atoms with van der Waals surface area (Å²) >= 11 is 0. The number of hydrogen-bond acceptors (Lipinski definition) is 2. The maximum atomic E-state index is 12.4. The van der Waals surface area contributed by atoms with Gasteiger partial charge in [0.25, 0.3) is 0 Å². The average molecular weight is 257 g/mol. The second-order valence-electron chi connectivity index (χ2n) is 5.43. The van der Waals surface area contributed by atoms with E-state index in [9.17, 15) is 4.79 Å². The molecule has 1 fully saturated rings. The second kappa shape index (κ2) is 4.70. The lowest BCUT2D eigenvalue weighted by atomic mass is 9.85. The van der Waals surface area contributed by atoms with Crippen molar-refractivity contribution in [2.75, 3.05) is 11.9 Å². The molecule has 1 aliphatic carbocycles. The number of carbonyl (C=O) groups is 1. The lowest BCUT2D eigenvalue weighted by Crippen LogP contribution is -2.40. The summed E-state index contributed by atoms with van der Waals surface area (Å²) in [4.78, 5) is 15.6. The van der Waals surface area contributed by atoms with Gasteiger partial charge in [-0.25, -0.2) is 0 Å². The third-order valence-corrected chi connectivity index (χ3v) is 4.24. The molecule has 0 radical (unpaired) electrons. The van der Waals surface area contributed by atoms with E-state index in [-0.39, 0.29) is 11.3 Å². The lowest BCUT2D eigenvalue weighted by Gasteiger charge is -2.25. The molecule has 1 aliphatic rings. The summed E-state index contributed by atoms with van der Waals surface area (Å²) in [6.07, 6.45) is 5.90. The zero-order chi connectivity index (χ0) is 13.3. The molecular formula is C15H19N3O. The fourth-order valence-electron chi connectivity index (χ4n) is 2.97. The SMILES string of the molecule is NCC1(C(=O)Nc2ccc3[nH]ccc3c2)CCCC1. The van der Waals surface area contributed by atoms with E-state index in [2.05, 4.69) is 10.3 Å². The van der Waals surface area contributed by atoms with E-state index in [1.54, 1.807) is 0 Å². The molecule has 100 valence electrons. The first-order chi connectivity index (χ1) is 9.23. The van der Waals surface area contributed by atoms with Crippen molar-refractivity contribution in [3.05, 3.63) is 30.5 Å². The minimum Gasteiger partial charge on any atom is -0.361 e. The van der Waals surface area contributed by atoms with Gasteiger partial charge in [0.2, 0.25) is 5.91 Å². The minimum absolute atomic E-state index is 0.0717. The first kappa shape index (κ1) is 12.2. The van der Waals surface area contributed by atoms with E-state index in [4.69, 9.17) is 5.73 Å². The molecule has 0 spiro atoms. The zero-order valence-corrected chi connectivity index (χ0v) is 10.9. The summed E-state index contributed by atoms with van der Waals surface area (Å²) in [6.45, 7) is 0.436. The van der Waals surface area contributed by atoms with E-state index in [0.717, 1.165) is 42.3 Å². The molecule has 1 saturated carbocycles. The van der Waals surface area contributed by atoms with Crippen LogP contribution in [0.2, 0.25) is 0 Å². The predicted molar refractivity (Wildman–Crippen MR) is 76.9 cm³/mol. The molecule has 0 saturated heterocycles. The maximum Gasteiger partial charge on any atom is 0.231 e. The van der Waals surface area contributed by atoms with Gasteiger partial charge in [-0.2, -0.15) is 0 Å². The van der Waals surface area contributed by atoms with Crippen molar-refractivity contribution < 1.29 is 4.79 Å². The molecule has 2 aromatic rings. The molecule has 0 bridgehead atoms. The van der Waals surface area contributed by atoms with E-state index < -0.39 is 0 Å². The van der Waals surface area contributed by atoms with Gasteiger partial charge in [0, 0.05) is 29.3 Å². The number of amides is 1. The molecule has 4 heteroatoms. The smallest absolute Gasteiger partial charge is 0.231 e. The van der Waals surface area contributed by atoms with Crippen LogP contribution in [0.5, 0.6) is 0 Å². The fraction of sp³-hybridized carbons (Fsp3) is 0.400. The molecule has 19 heavy (non-hydrogen) atoms. The number of aromatic nitrogens is 1. The summed E-state index contributed by atoms with van der Waals surface area (Å²) in [7, 11) is 0. The Kier molecular flexibility index (Phi) is 3.03. The third kappa shape index (κ3) is 2.12. The zero-order valence-electron chi connectivity index (χ0n) is 10.9. The molecule has 1 aromatic carbocycles. The predicted octanol–water partition coefficient (Wildman–Crippen LogP) is 2.63. The highest BCUT2D eigenvalue weighted by Crippen LogP contribution is 2.38. The van der Waals surface area contributed by atoms with Crippen molar-refractivity contribution in [2.45, 2.75) is 25.7 Å². The van der Waals surface area contributed by atoms with Crippen molar-refractivity contribution in [2.24, 2.45) is 11.1 Å². The van der Waals surface area contributed by atoms with Gasteiger partial charge in [0.05, 0.1) is 5.41 Å². The normalized spacial score (nSPS) is 17.7. The summed E-state index contributed by atoms with van der Waals surface area (Å²) in [5.74, 6) is 0.0717. The number of H-pyrrole nitrogens is 1. The van der Waals surface area contributed by atoms with Crippen molar-refractivity contribution in [1.82, 2.24) is 4.98 Å². The highest BCUT2D eigenvalue weighted by atomic mass is 16.2. The van der Waals surface area contributed by atoms with E-state index in [1.165, 1.54) is 0 Å². The van der Waals surface area contributed by atoms with Crippen LogP contribution in [0.4, 0.5) is 5.69 Å². The van der Waals surface area contributed by atoms with Gasteiger partial charge >= 0.3 is 0 Å². The van der Waals surface area contributed by atoms with Crippen LogP contribution in [0, 0.1) is 5.41 Å². The van der Waals surface area contributed by atoms with Crippen LogP contribution in [0.15, 0.2) is 30.5 Å². The van der Waals surface area contributed by atoms with Crippen LogP contribution in [0.25, 0.3) is 10.9 Å². The van der Waals surface area contributed by atoms with Gasteiger partial charge in [0.15, 0.2) is 0 Å². The molecule has 0 unspecified atom stereocenters. The van der Waals surface area contributed by atoms with Crippen LogP contribution in [-0.4, -0.2) is 17.4 Å². The van der Waals surface area contributed by atoms with E-state index >= 15 is 0 Å². The number of hydrogen-bond donors (Lipinski definition) is 3. The first-order valence-electron chi connectivity index (χ1n) is 6.82. The number of anilines is 1. The maximum absolute atomic E-state index is 12.4. The third-order valence-electron chi connectivity index (χ3n) is 4.24. The quantitative estimate of drug-likeness (QED) is 0.791. The summed E-state index contributed by atoms with van der Waals surface area (Å²) < 4.78 is 0. The average Bonchev–Trinajstić information content (AvgIpc) is 3.07. The van der Waals surface area contributed by atoms with Gasteiger partial charge in [-0.15, -0.1) is 0 Å².